The topological polar surface area (TPSA) is 69.6 Å². The molecule has 0 aromatic heterocycles. The van der Waals surface area contributed by atoms with Crippen molar-refractivity contribution in [2.24, 2.45) is 5.92 Å². The molecule has 5 heteroatoms. The van der Waals surface area contributed by atoms with Crippen LogP contribution in [0.2, 0.25) is 0 Å². The number of rotatable bonds is 6. The molecule has 0 radical (unpaired) electrons. The molecule has 2 amide bonds. The maximum absolute atomic E-state index is 12.3. The SMILES string of the molecule is CC(C)CC(CO)NC(=O)c1cccc(N2CCCC2=O)c1. The minimum Gasteiger partial charge on any atom is -0.394 e. The molecule has 0 aliphatic carbocycles. The summed E-state index contributed by atoms with van der Waals surface area (Å²) in [5.41, 5.74) is 1.28. The highest BCUT2D eigenvalue weighted by molar-refractivity contribution is 5.99. The van der Waals surface area contributed by atoms with Gasteiger partial charge < -0.3 is 15.3 Å². The monoisotopic (exact) mass is 304 g/mol. The zero-order valence-corrected chi connectivity index (χ0v) is 13.2. The molecule has 1 atom stereocenters. The van der Waals surface area contributed by atoms with Crippen molar-refractivity contribution in [3.8, 4) is 0 Å². The van der Waals surface area contributed by atoms with Gasteiger partial charge in [-0.2, -0.15) is 0 Å². The minimum atomic E-state index is -0.246. The van der Waals surface area contributed by atoms with Crippen LogP contribution < -0.4 is 10.2 Å². The van der Waals surface area contributed by atoms with Gasteiger partial charge in [0.05, 0.1) is 12.6 Å². The van der Waals surface area contributed by atoms with Crippen molar-refractivity contribution in [3.05, 3.63) is 29.8 Å². The lowest BCUT2D eigenvalue weighted by Gasteiger charge is -2.19. The van der Waals surface area contributed by atoms with Crippen LogP contribution in [-0.4, -0.2) is 36.1 Å². The van der Waals surface area contributed by atoms with E-state index in [4.69, 9.17) is 0 Å². The summed E-state index contributed by atoms with van der Waals surface area (Å²) < 4.78 is 0. The van der Waals surface area contributed by atoms with Crippen molar-refractivity contribution in [1.82, 2.24) is 5.32 Å². The Kier molecular flexibility index (Phi) is 5.55. The van der Waals surface area contributed by atoms with Gasteiger partial charge in [0.1, 0.15) is 0 Å². The average Bonchev–Trinajstić information content (AvgIpc) is 2.92. The standard InChI is InChI=1S/C17H24N2O3/c1-12(2)9-14(11-20)18-17(22)13-5-3-6-15(10-13)19-8-4-7-16(19)21/h3,5-6,10,12,14,20H,4,7-9,11H2,1-2H3,(H,18,22). The normalized spacial score (nSPS) is 16.2. The summed E-state index contributed by atoms with van der Waals surface area (Å²) in [4.78, 5) is 25.8. The van der Waals surface area contributed by atoms with Gasteiger partial charge in [0.2, 0.25) is 5.91 Å². The number of aliphatic hydroxyl groups is 1. The molecule has 5 nitrogen and oxygen atoms in total. The van der Waals surface area contributed by atoms with Crippen LogP contribution in [0.15, 0.2) is 24.3 Å². The van der Waals surface area contributed by atoms with E-state index in [1.165, 1.54) is 0 Å². The molecule has 1 saturated heterocycles. The van der Waals surface area contributed by atoms with Crippen LogP contribution in [0.5, 0.6) is 0 Å². The van der Waals surface area contributed by atoms with E-state index in [1.54, 1.807) is 23.1 Å². The maximum Gasteiger partial charge on any atom is 0.251 e. The summed E-state index contributed by atoms with van der Waals surface area (Å²) in [5, 5.41) is 12.2. The van der Waals surface area contributed by atoms with Gasteiger partial charge in [-0.3, -0.25) is 9.59 Å². The third-order valence-corrected chi connectivity index (χ3v) is 3.80. The summed E-state index contributed by atoms with van der Waals surface area (Å²) in [7, 11) is 0. The Hall–Kier alpha value is -1.88. The highest BCUT2D eigenvalue weighted by atomic mass is 16.3. The Morgan fingerprint density at radius 3 is 2.77 bits per heavy atom. The smallest absolute Gasteiger partial charge is 0.251 e. The second kappa shape index (κ2) is 7.40. The van der Waals surface area contributed by atoms with Crippen LogP contribution in [-0.2, 0) is 4.79 Å². The number of carbonyl (C=O) groups is 2. The van der Waals surface area contributed by atoms with Gasteiger partial charge in [-0.15, -0.1) is 0 Å². The van der Waals surface area contributed by atoms with E-state index < -0.39 is 0 Å². The zero-order chi connectivity index (χ0) is 16.1. The molecular formula is C17H24N2O3. The molecule has 0 bridgehead atoms. The van der Waals surface area contributed by atoms with Gasteiger partial charge in [0.15, 0.2) is 0 Å². The number of aliphatic hydroxyl groups excluding tert-OH is 1. The molecule has 1 heterocycles. The highest BCUT2D eigenvalue weighted by Crippen LogP contribution is 2.22. The van der Waals surface area contributed by atoms with E-state index in [0.29, 0.717) is 24.4 Å². The fraction of sp³-hybridized carbons (Fsp3) is 0.529. The van der Waals surface area contributed by atoms with E-state index in [-0.39, 0.29) is 24.5 Å². The second-order valence-electron chi connectivity index (χ2n) is 6.18. The molecule has 1 unspecified atom stereocenters. The van der Waals surface area contributed by atoms with Crippen LogP contribution in [0.25, 0.3) is 0 Å². The van der Waals surface area contributed by atoms with E-state index in [9.17, 15) is 14.7 Å². The molecule has 1 fully saturated rings. The third-order valence-electron chi connectivity index (χ3n) is 3.80. The first-order valence-electron chi connectivity index (χ1n) is 7.83. The lowest BCUT2D eigenvalue weighted by atomic mass is 10.0. The van der Waals surface area contributed by atoms with Crippen molar-refractivity contribution < 1.29 is 14.7 Å². The number of hydrogen-bond donors (Lipinski definition) is 2. The third kappa shape index (κ3) is 4.07. The number of benzene rings is 1. The molecule has 0 spiro atoms. The Morgan fingerprint density at radius 1 is 1.41 bits per heavy atom. The maximum atomic E-state index is 12.3. The van der Waals surface area contributed by atoms with Crippen LogP contribution in [0.1, 0.15) is 43.5 Å². The molecule has 0 saturated carbocycles. The number of amides is 2. The quantitative estimate of drug-likeness (QED) is 0.844. The van der Waals surface area contributed by atoms with Crippen LogP contribution in [0.4, 0.5) is 5.69 Å². The Balaban J connectivity index is 2.08. The molecule has 2 N–H and O–H groups in total. The Bertz CT molecular complexity index is 542. The average molecular weight is 304 g/mol. The summed E-state index contributed by atoms with van der Waals surface area (Å²) in [6.45, 7) is 4.73. The highest BCUT2D eigenvalue weighted by Gasteiger charge is 2.22. The molecule has 1 aliphatic rings. The van der Waals surface area contributed by atoms with E-state index in [2.05, 4.69) is 19.2 Å². The first-order chi connectivity index (χ1) is 10.5. The van der Waals surface area contributed by atoms with Gasteiger partial charge in [-0.1, -0.05) is 19.9 Å². The zero-order valence-electron chi connectivity index (χ0n) is 13.2. The fourth-order valence-electron chi connectivity index (χ4n) is 2.75. The van der Waals surface area contributed by atoms with Gasteiger partial charge >= 0.3 is 0 Å². The molecule has 1 aromatic rings. The predicted octanol–water partition coefficient (Wildman–Crippen LogP) is 1.95. The van der Waals surface area contributed by atoms with Gasteiger partial charge in [0, 0.05) is 24.2 Å². The molecule has 1 aliphatic heterocycles. The summed E-state index contributed by atoms with van der Waals surface area (Å²) in [6.07, 6.45) is 2.15. The Labute approximate surface area is 131 Å². The fourth-order valence-corrected chi connectivity index (χ4v) is 2.75. The second-order valence-corrected chi connectivity index (χ2v) is 6.18. The van der Waals surface area contributed by atoms with Gasteiger partial charge in [0.25, 0.3) is 5.91 Å². The van der Waals surface area contributed by atoms with E-state index in [1.807, 2.05) is 6.07 Å². The molecule has 22 heavy (non-hydrogen) atoms. The van der Waals surface area contributed by atoms with Crippen LogP contribution in [0.3, 0.4) is 0 Å². The first kappa shape index (κ1) is 16.5. The van der Waals surface area contributed by atoms with Crippen molar-refractivity contribution in [2.45, 2.75) is 39.2 Å². The van der Waals surface area contributed by atoms with Crippen LogP contribution in [0, 0.1) is 5.92 Å². The molecule has 1 aromatic carbocycles. The molecular weight excluding hydrogens is 280 g/mol. The van der Waals surface area contributed by atoms with Crippen molar-refractivity contribution >= 4 is 17.5 Å². The minimum absolute atomic E-state index is 0.0752. The summed E-state index contributed by atoms with van der Waals surface area (Å²) >= 11 is 0. The lowest BCUT2D eigenvalue weighted by Crippen LogP contribution is -2.38. The predicted molar refractivity (Wildman–Crippen MR) is 85.8 cm³/mol. The lowest BCUT2D eigenvalue weighted by molar-refractivity contribution is -0.117. The number of carbonyl (C=O) groups excluding carboxylic acids is 2. The van der Waals surface area contributed by atoms with E-state index >= 15 is 0 Å². The molecule has 2 rings (SSSR count). The van der Waals surface area contributed by atoms with Gasteiger partial charge in [-0.05, 0) is 37.0 Å². The van der Waals surface area contributed by atoms with Crippen molar-refractivity contribution in [1.29, 1.82) is 0 Å². The number of nitrogens with zero attached hydrogens (tertiary/aromatic N) is 1. The van der Waals surface area contributed by atoms with Crippen molar-refractivity contribution in [3.63, 3.8) is 0 Å². The van der Waals surface area contributed by atoms with Gasteiger partial charge in [-0.25, -0.2) is 0 Å². The Morgan fingerprint density at radius 2 is 2.18 bits per heavy atom. The summed E-state index contributed by atoms with van der Waals surface area (Å²) in [5.74, 6) is 0.282. The van der Waals surface area contributed by atoms with E-state index in [0.717, 1.165) is 18.5 Å². The molecule has 120 valence electrons. The number of anilines is 1. The number of nitrogens with one attached hydrogen (secondary N) is 1. The van der Waals surface area contributed by atoms with Crippen LogP contribution >= 0.6 is 0 Å². The first-order valence-corrected chi connectivity index (χ1v) is 7.83. The van der Waals surface area contributed by atoms with Crippen molar-refractivity contribution in [2.75, 3.05) is 18.1 Å². The summed E-state index contributed by atoms with van der Waals surface area (Å²) in [6, 6.07) is 6.85. The largest absolute Gasteiger partial charge is 0.394 e. The number of hydrogen-bond acceptors (Lipinski definition) is 3.